The van der Waals surface area contributed by atoms with Crippen LogP contribution in [0.4, 0.5) is 5.69 Å². The van der Waals surface area contributed by atoms with E-state index in [4.69, 9.17) is 4.98 Å². The number of thiophene rings is 1. The molecule has 3 heterocycles. The van der Waals surface area contributed by atoms with Gasteiger partial charge in [-0.3, -0.25) is 19.1 Å². The standard InChI is InChI=1S/C23H28N4O2S/c1-5-25(6-2)13-19-24-22-21(15(3)16(4)30-22)23(29)27(19)14-20(28)26-12-11-17-9-7-8-10-18(17)26/h7-10H,5-6,11-14H2,1-4H3. The molecular weight excluding hydrogens is 396 g/mol. The Balaban J connectivity index is 1.76. The second-order valence-electron chi connectivity index (χ2n) is 7.77. The van der Waals surface area contributed by atoms with Gasteiger partial charge < -0.3 is 4.90 Å². The van der Waals surface area contributed by atoms with Gasteiger partial charge in [-0.1, -0.05) is 32.0 Å². The third kappa shape index (κ3) is 3.56. The van der Waals surface area contributed by atoms with Gasteiger partial charge in [0.15, 0.2) is 0 Å². The van der Waals surface area contributed by atoms with Crippen molar-refractivity contribution in [3.8, 4) is 0 Å². The number of aryl methyl sites for hydroxylation is 2. The van der Waals surface area contributed by atoms with E-state index in [1.807, 2.05) is 32.0 Å². The molecule has 6 nitrogen and oxygen atoms in total. The summed E-state index contributed by atoms with van der Waals surface area (Å²) in [5, 5.41) is 0.649. The fourth-order valence-electron chi connectivity index (χ4n) is 4.12. The number of fused-ring (bicyclic) bond motifs is 2. The molecule has 0 radical (unpaired) electrons. The predicted molar refractivity (Wildman–Crippen MR) is 122 cm³/mol. The Morgan fingerprint density at radius 1 is 1.20 bits per heavy atom. The van der Waals surface area contributed by atoms with Crippen molar-refractivity contribution in [1.82, 2.24) is 14.5 Å². The number of rotatable bonds is 6. The lowest BCUT2D eigenvalue weighted by molar-refractivity contribution is -0.119. The van der Waals surface area contributed by atoms with Crippen LogP contribution in [0.1, 0.15) is 35.7 Å². The summed E-state index contributed by atoms with van der Waals surface area (Å²) in [6.45, 7) is 11.1. The normalized spacial score (nSPS) is 13.4. The number of hydrogen-bond acceptors (Lipinski definition) is 5. The molecule has 7 heteroatoms. The fourth-order valence-corrected chi connectivity index (χ4v) is 5.16. The highest BCUT2D eigenvalue weighted by atomic mass is 32.1. The second-order valence-corrected chi connectivity index (χ2v) is 8.97. The van der Waals surface area contributed by atoms with E-state index in [0.717, 1.165) is 40.5 Å². The number of benzene rings is 1. The highest BCUT2D eigenvalue weighted by Gasteiger charge is 2.26. The average molecular weight is 425 g/mol. The third-order valence-corrected chi connectivity index (χ3v) is 7.21. The van der Waals surface area contributed by atoms with Gasteiger partial charge in [0.05, 0.1) is 11.9 Å². The number of hydrogen-bond donors (Lipinski definition) is 0. The van der Waals surface area contributed by atoms with Crippen LogP contribution in [0.2, 0.25) is 0 Å². The Morgan fingerprint density at radius 2 is 1.93 bits per heavy atom. The first-order chi connectivity index (χ1) is 14.4. The molecule has 0 aliphatic carbocycles. The van der Waals surface area contributed by atoms with E-state index < -0.39 is 0 Å². The lowest BCUT2D eigenvalue weighted by atomic mass is 10.2. The van der Waals surface area contributed by atoms with Gasteiger partial charge in [0, 0.05) is 17.1 Å². The Bertz CT molecular complexity index is 1160. The molecule has 0 saturated carbocycles. The van der Waals surface area contributed by atoms with Gasteiger partial charge >= 0.3 is 0 Å². The number of nitrogens with zero attached hydrogens (tertiary/aromatic N) is 4. The maximum atomic E-state index is 13.5. The number of anilines is 1. The Hall–Kier alpha value is -2.51. The molecule has 0 unspecified atom stereocenters. The van der Waals surface area contributed by atoms with Crippen molar-refractivity contribution in [3.63, 3.8) is 0 Å². The monoisotopic (exact) mass is 424 g/mol. The molecule has 0 N–H and O–H groups in total. The highest BCUT2D eigenvalue weighted by molar-refractivity contribution is 7.18. The Labute approximate surface area is 180 Å². The first kappa shape index (κ1) is 20.8. The molecule has 0 fully saturated rings. The summed E-state index contributed by atoms with van der Waals surface area (Å²) < 4.78 is 1.60. The van der Waals surface area contributed by atoms with Gasteiger partial charge in [-0.05, 0) is 50.6 Å². The van der Waals surface area contributed by atoms with Crippen molar-refractivity contribution in [2.75, 3.05) is 24.5 Å². The summed E-state index contributed by atoms with van der Waals surface area (Å²) in [6.07, 6.45) is 0.850. The molecule has 158 valence electrons. The SMILES string of the molecule is CCN(CC)Cc1nc2sc(C)c(C)c2c(=O)n1CC(=O)N1CCc2ccccc21. The molecule has 1 aliphatic rings. The lowest BCUT2D eigenvalue weighted by Crippen LogP contribution is -2.38. The first-order valence-electron chi connectivity index (χ1n) is 10.5. The van der Waals surface area contributed by atoms with E-state index in [2.05, 4.69) is 24.8 Å². The van der Waals surface area contributed by atoms with Crippen molar-refractivity contribution in [1.29, 1.82) is 0 Å². The van der Waals surface area contributed by atoms with Gasteiger partial charge in [-0.15, -0.1) is 11.3 Å². The molecular formula is C23H28N4O2S. The molecule has 30 heavy (non-hydrogen) atoms. The fraction of sp³-hybridized carbons (Fsp3) is 0.435. The largest absolute Gasteiger partial charge is 0.310 e. The summed E-state index contributed by atoms with van der Waals surface area (Å²) in [7, 11) is 0. The summed E-state index contributed by atoms with van der Waals surface area (Å²) in [5.41, 5.74) is 3.00. The molecule has 0 atom stereocenters. The molecule has 1 aliphatic heterocycles. The van der Waals surface area contributed by atoms with Crippen molar-refractivity contribution in [2.45, 2.75) is 47.2 Å². The summed E-state index contributed by atoms with van der Waals surface area (Å²) >= 11 is 1.55. The third-order valence-electron chi connectivity index (χ3n) is 6.11. The van der Waals surface area contributed by atoms with E-state index in [1.54, 1.807) is 20.8 Å². The maximum absolute atomic E-state index is 13.5. The lowest BCUT2D eigenvalue weighted by Gasteiger charge is -2.22. The predicted octanol–water partition coefficient (Wildman–Crippen LogP) is 3.51. The summed E-state index contributed by atoms with van der Waals surface area (Å²) in [6, 6.07) is 7.99. The number of amides is 1. The number of para-hydroxylation sites is 1. The number of carbonyl (C=O) groups is 1. The second kappa shape index (κ2) is 8.32. The Kier molecular flexibility index (Phi) is 5.75. The first-order valence-corrected chi connectivity index (χ1v) is 11.4. The van der Waals surface area contributed by atoms with Crippen molar-refractivity contribution in [2.24, 2.45) is 0 Å². The van der Waals surface area contributed by atoms with E-state index in [0.29, 0.717) is 24.3 Å². The van der Waals surface area contributed by atoms with Crippen LogP contribution in [0, 0.1) is 13.8 Å². The van der Waals surface area contributed by atoms with Crippen molar-refractivity contribution >= 4 is 33.1 Å². The molecule has 0 spiro atoms. The van der Waals surface area contributed by atoms with Crippen LogP contribution in [0.25, 0.3) is 10.2 Å². The van der Waals surface area contributed by atoms with E-state index in [1.165, 1.54) is 5.56 Å². The smallest absolute Gasteiger partial charge is 0.263 e. The van der Waals surface area contributed by atoms with Crippen LogP contribution in [-0.4, -0.2) is 40.0 Å². The van der Waals surface area contributed by atoms with Crippen LogP contribution in [0.15, 0.2) is 29.1 Å². The highest BCUT2D eigenvalue weighted by Crippen LogP contribution is 2.29. The van der Waals surface area contributed by atoms with E-state index in [-0.39, 0.29) is 18.0 Å². The van der Waals surface area contributed by atoms with Gasteiger partial charge in [0.1, 0.15) is 17.2 Å². The minimum absolute atomic E-state index is 0.0149. The zero-order chi connectivity index (χ0) is 21.4. The maximum Gasteiger partial charge on any atom is 0.263 e. The summed E-state index contributed by atoms with van der Waals surface area (Å²) in [4.78, 5) is 37.5. The Morgan fingerprint density at radius 3 is 2.67 bits per heavy atom. The van der Waals surface area contributed by atoms with Gasteiger partial charge in [-0.25, -0.2) is 4.98 Å². The van der Waals surface area contributed by atoms with E-state index in [9.17, 15) is 9.59 Å². The van der Waals surface area contributed by atoms with Crippen LogP contribution >= 0.6 is 11.3 Å². The molecule has 0 saturated heterocycles. The molecule has 4 rings (SSSR count). The zero-order valence-electron chi connectivity index (χ0n) is 18.1. The minimum atomic E-state index is -0.107. The quantitative estimate of drug-likeness (QED) is 0.608. The van der Waals surface area contributed by atoms with Crippen LogP contribution < -0.4 is 10.5 Å². The number of carbonyl (C=O) groups excluding carboxylic acids is 1. The topological polar surface area (TPSA) is 58.4 Å². The average Bonchev–Trinajstić information content (AvgIpc) is 3.29. The van der Waals surface area contributed by atoms with E-state index >= 15 is 0 Å². The molecule has 1 aromatic carbocycles. The van der Waals surface area contributed by atoms with Gasteiger partial charge in [-0.2, -0.15) is 0 Å². The van der Waals surface area contributed by atoms with Crippen molar-refractivity contribution in [3.05, 3.63) is 56.4 Å². The zero-order valence-corrected chi connectivity index (χ0v) is 18.9. The molecule has 0 bridgehead atoms. The summed E-state index contributed by atoms with van der Waals surface area (Å²) in [5.74, 6) is 0.604. The van der Waals surface area contributed by atoms with Crippen LogP contribution in [0.5, 0.6) is 0 Å². The molecule has 1 amide bonds. The van der Waals surface area contributed by atoms with Gasteiger partial charge in [0.2, 0.25) is 5.91 Å². The van der Waals surface area contributed by atoms with Crippen LogP contribution in [-0.2, 0) is 24.3 Å². The molecule has 3 aromatic rings. The van der Waals surface area contributed by atoms with Crippen LogP contribution in [0.3, 0.4) is 0 Å². The van der Waals surface area contributed by atoms with Gasteiger partial charge in [0.25, 0.3) is 5.56 Å². The van der Waals surface area contributed by atoms with Crippen molar-refractivity contribution < 1.29 is 4.79 Å². The minimum Gasteiger partial charge on any atom is -0.310 e. The number of aromatic nitrogens is 2. The molecule has 2 aromatic heterocycles.